The van der Waals surface area contributed by atoms with Gasteiger partial charge < -0.3 is 0 Å². The van der Waals surface area contributed by atoms with Crippen LogP contribution in [0.4, 0.5) is 8.78 Å². The largest absolute Gasteiger partial charge is 0.248 e. The summed E-state index contributed by atoms with van der Waals surface area (Å²) < 4.78 is 25.4. The number of rotatable bonds is 3. The molecule has 0 aromatic rings. The Kier molecular flexibility index (Phi) is 3.50. The Labute approximate surface area is 80.9 Å². The van der Waals surface area contributed by atoms with Gasteiger partial charge in [-0.25, -0.2) is 8.78 Å². The second kappa shape index (κ2) is 4.03. The van der Waals surface area contributed by atoms with Crippen molar-refractivity contribution in [3.8, 4) is 0 Å². The van der Waals surface area contributed by atoms with E-state index in [2.05, 4.69) is 22.9 Å². The molecule has 0 amide bonds. The van der Waals surface area contributed by atoms with E-state index in [0.29, 0.717) is 11.2 Å². The predicted molar refractivity (Wildman–Crippen MR) is 49.9 cm³/mol. The van der Waals surface area contributed by atoms with Gasteiger partial charge in [0.05, 0.1) is 0 Å². The molecule has 1 aliphatic rings. The van der Waals surface area contributed by atoms with Crippen LogP contribution in [-0.2, 0) is 0 Å². The molecule has 0 radical (unpaired) electrons. The van der Waals surface area contributed by atoms with Gasteiger partial charge in [-0.15, -0.1) is 0 Å². The highest BCUT2D eigenvalue weighted by atomic mass is 79.9. The first-order chi connectivity index (χ1) is 5.49. The first-order valence-corrected chi connectivity index (χ1v) is 5.43. The highest BCUT2D eigenvalue weighted by Gasteiger charge is 2.38. The number of halogens is 3. The zero-order chi connectivity index (χ0) is 9.19. The Morgan fingerprint density at radius 1 is 1.58 bits per heavy atom. The van der Waals surface area contributed by atoms with Crippen LogP contribution in [-0.4, -0.2) is 10.7 Å². The van der Waals surface area contributed by atoms with Crippen LogP contribution >= 0.6 is 15.9 Å². The molecule has 1 aliphatic carbocycles. The number of hydrogen-bond acceptors (Lipinski definition) is 0. The Balaban J connectivity index is 2.20. The fourth-order valence-corrected chi connectivity index (χ4v) is 2.02. The lowest BCUT2D eigenvalue weighted by atomic mass is 10.0. The monoisotopic (exact) mass is 240 g/mol. The van der Waals surface area contributed by atoms with E-state index in [1.54, 1.807) is 0 Å². The minimum absolute atomic E-state index is 0.105. The van der Waals surface area contributed by atoms with Gasteiger partial charge in [0.2, 0.25) is 5.92 Å². The van der Waals surface area contributed by atoms with Gasteiger partial charge in [-0.2, -0.15) is 0 Å². The van der Waals surface area contributed by atoms with E-state index in [-0.39, 0.29) is 18.8 Å². The molecule has 0 saturated heterocycles. The van der Waals surface area contributed by atoms with Crippen LogP contribution in [0.15, 0.2) is 0 Å². The zero-order valence-electron chi connectivity index (χ0n) is 7.32. The van der Waals surface area contributed by atoms with Crippen molar-refractivity contribution in [2.75, 3.05) is 0 Å². The average Bonchev–Trinajstić information content (AvgIpc) is 2.26. The lowest BCUT2D eigenvalue weighted by Crippen LogP contribution is -2.09. The molecule has 1 saturated carbocycles. The summed E-state index contributed by atoms with van der Waals surface area (Å²) >= 11 is 3.42. The number of hydrogen-bond donors (Lipinski definition) is 0. The molecule has 2 unspecified atom stereocenters. The van der Waals surface area contributed by atoms with E-state index in [4.69, 9.17) is 0 Å². The topological polar surface area (TPSA) is 0 Å². The molecule has 0 spiro atoms. The number of alkyl halides is 3. The summed E-state index contributed by atoms with van der Waals surface area (Å²) in [4.78, 5) is 0.465. The molecule has 72 valence electrons. The van der Waals surface area contributed by atoms with Gasteiger partial charge >= 0.3 is 0 Å². The quantitative estimate of drug-likeness (QED) is 0.655. The standard InChI is InChI=1S/C9H15BrF2/c1-7(10)2-3-8-4-5-9(11,12)6-8/h7-8H,2-6H2,1H3. The highest BCUT2D eigenvalue weighted by Crippen LogP contribution is 2.41. The molecular weight excluding hydrogens is 226 g/mol. The van der Waals surface area contributed by atoms with Crippen molar-refractivity contribution in [2.45, 2.75) is 49.8 Å². The van der Waals surface area contributed by atoms with Gasteiger partial charge in [-0.1, -0.05) is 22.9 Å². The summed E-state index contributed by atoms with van der Waals surface area (Å²) in [5, 5.41) is 0. The van der Waals surface area contributed by atoms with Crippen molar-refractivity contribution < 1.29 is 8.78 Å². The molecule has 2 atom stereocenters. The second-order valence-electron chi connectivity index (χ2n) is 3.82. The third-order valence-electron chi connectivity index (χ3n) is 2.48. The Morgan fingerprint density at radius 2 is 2.25 bits per heavy atom. The summed E-state index contributed by atoms with van der Waals surface area (Å²) in [7, 11) is 0. The van der Waals surface area contributed by atoms with Crippen LogP contribution in [0.2, 0.25) is 0 Å². The lowest BCUT2D eigenvalue weighted by molar-refractivity contribution is 0.00465. The van der Waals surface area contributed by atoms with Crippen LogP contribution in [0.25, 0.3) is 0 Å². The molecule has 1 fully saturated rings. The molecule has 0 aromatic carbocycles. The summed E-state index contributed by atoms with van der Waals surface area (Å²) in [6.07, 6.45) is 2.90. The van der Waals surface area contributed by atoms with Crippen molar-refractivity contribution in [2.24, 2.45) is 5.92 Å². The van der Waals surface area contributed by atoms with Crippen molar-refractivity contribution in [3.05, 3.63) is 0 Å². The molecule has 1 rings (SSSR count). The Hall–Kier alpha value is 0.340. The fraction of sp³-hybridized carbons (Fsp3) is 1.00. The minimum Gasteiger partial charge on any atom is -0.207 e. The molecule has 0 bridgehead atoms. The zero-order valence-corrected chi connectivity index (χ0v) is 8.91. The third-order valence-corrected chi connectivity index (χ3v) is 2.94. The maximum absolute atomic E-state index is 12.7. The van der Waals surface area contributed by atoms with Crippen molar-refractivity contribution >= 4 is 15.9 Å². The first-order valence-electron chi connectivity index (χ1n) is 4.51. The molecule has 3 heteroatoms. The molecule has 0 N–H and O–H groups in total. The van der Waals surface area contributed by atoms with Crippen LogP contribution < -0.4 is 0 Å². The van der Waals surface area contributed by atoms with Gasteiger partial charge in [-0.05, 0) is 25.2 Å². The fourth-order valence-electron chi connectivity index (χ4n) is 1.75. The highest BCUT2D eigenvalue weighted by molar-refractivity contribution is 9.09. The van der Waals surface area contributed by atoms with E-state index in [1.165, 1.54) is 0 Å². The average molecular weight is 241 g/mol. The van der Waals surface area contributed by atoms with Crippen molar-refractivity contribution in [1.82, 2.24) is 0 Å². The van der Waals surface area contributed by atoms with E-state index in [1.807, 2.05) is 0 Å². The Bertz CT molecular complexity index is 145. The normalized spacial score (nSPS) is 30.5. The molecule has 0 nitrogen and oxygen atoms in total. The summed E-state index contributed by atoms with van der Waals surface area (Å²) in [6.45, 7) is 2.06. The minimum atomic E-state index is -2.36. The predicted octanol–water partition coefficient (Wildman–Crippen LogP) is 3.99. The van der Waals surface area contributed by atoms with Gasteiger partial charge in [0, 0.05) is 17.7 Å². The van der Waals surface area contributed by atoms with Crippen molar-refractivity contribution in [3.63, 3.8) is 0 Å². The van der Waals surface area contributed by atoms with E-state index < -0.39 is 5.92 Å². The lowest BCUT2D eigenvalue weighted by Gasteiger charge is -2.10. The smallest absolute Gasteiger partial charge is 0.207 e. The molecule has 0 heterocycles. The Morgan fingerprint density at radius 3 is 2.67 bits per heavy atom. The molecule has 12 heavy (non-hydrogen) atoms. The van der Waals surface area contributed by atoms with Crippen LogP contribution in [0, 0.1) is 5.92 Å². The van der Waals surface area contributed by atoms with E-state index in [0.717, 1.165) is 12.8 Å². The first kappa shape index (κ1) is 10.4. The van der Waals surface area contributed by atoms with Gasteiger partial charge in [0.15, 0.2) is 0 Å². The third kappa shape index (κ3) is 3.38. The summed E-state index contributed by atoms with van der Waals surface area (Å²) in [6, 6.07) is 0. The van der Waals surface area contributed by atoms with Gasteiger partial charge in [-0.3, -0.25) is 0 Å². The summed E-state index contributed by atoms with van der Waals surface area (Å²) in [5.74, 6) is -2.10. The van der Waals surface area contributed by atoms with Crippen LogP contribution in [0.1, 0.15) is 39.0 Å². The van der Waals surface area contributed by atoms with Gasteiger partial charge in [0.1, 0.15) is 0 Å². The second-order valence-corrected chi connectivity index (χ2v) is 5.39. The van der Waals surface area contributed by atoms with Crippen molar-refractivity contribution in [1.29, 1.82) is 0 Å². The van der Waals surface area contributed by atoms with Crippen LogP contribution in [0.5, 0.6) is 0 Å². The SMILES string of the molecule is CC(Br)CCC1CCC(F)(F)C1. The van der Waals surface area contributed by atoms with E-state index in [9.17, 15) is 8.78 Å². The van der Waals surface area contributed by atoms with Gasteiger partial charge in [0.25, 0.3) is 0 Å². The molecular formula is C9H15BrF2. The van der Waals surface area contributed by atoms with Crippen LogP contribution in [0.3, 0.4) is 0 Å². The molecule has 0 aliphatic heterocycles. The van der Waals surface area contributed by atoms with E-state index >= 15 is 0 Å². The maximum Gasteiger partial charge on any atom is 0.248 e. The summed E-state index contributed by atoms with van der Waals surface area (Å²) in [5.41, 5.74) is 0. The maximum atomic E-state index is 12.7. The molecule has 0 aromatic heterocycles.